The average molecular weight is 287 g/mol. The number of nitrogens with one attached hydrogen (secondary N) is 1. The van der Waals surface area contributed by atoms with Gasteiger partial charge in [0.25, 0.3) is 0 Å². The Bertz CT molecular complexity index is 401. The van der Waals surface area contributed by atoms with Crippen LogP contribution in [0.2, 0.25) is 0 Å². The van der Waals surface area contributed by atoms with Gasteiger partial charge < -0.3 is 10.1 Å². The molecule has 1 N–H and O–H groups in total. The number of hydrogen-bond acceptors (Lipinski definition) is 2. The fourth-order valence-corrected chi connectivity index (χ4v) is 2.63. The Morgan fingerprint density at radius 2 is 1.85 bits per heavy atom. The van der Waals surface area contributed by atoms with E-state index in [0.29, 0.717) is 6.42 Å². The lowest BCUT2D eigenvalue weighted by atomic mass is 9.73. The van der Waals surface area contributed by atoms with E-state index in [-0.39, 0.29) is 12.0 Å². The van der Waals surface area contributed by atoms with E-state index in [1.165, 1.54) is 5.56 Å². The quantitative estimate of drug-likeness (QED) is 0.778. The van der Waals surface area contributed by atoms with Gasteiger partial charge in [-0.05, 0) is 30.2 Å². The lowest BCUT2D eigenvalue weighted by Crippen LogP contribution is -2.54. The molecule has 0 radical (unpaired) electrons. The molecule has 1 aliphatic heterocycles. The lowest BCUT2D eigenvalue weighted by Gasteiger charge is -2.43. The van der Waals surface area contributed by atoms with Crippen molar-refractivity contribution in [3.05, 3.63) is 35.9 Å². The van der Waals surface area contributed by atoms with Crippen LogP contribution in [0.15, 0.2) is 30.3 Å². The van der Waals surface area contributed by atoms with E-state index in [2.05, 4.69) is 22.2 Å². The second kappa shape index (κ2) is 6.59. The molecular weight excluding hydrogens is 267 g/mol. The SMILES string of the molecule is FC(F)(F)COCCCC1(Cc2ccccc2)CNC1. The summed E-state index contributed by atoms with van der Waals surface area (Å²) < 4.78 is 40.5. The fraction of sp³-hybridized carbons (Fsp3) is 0.600. The highest BCUT2D eigenvalue weighted by Gasteiger charge is 2.36. The van der Waals surface area contributed by atoms with Gasteiger partial charge in [-0.2, -0.15) is 13.2 Å². The van der Waals surface area contributed by atoms with Crippen LogP contribution in [0, 0.1) is 5.41 Å². The summed E-state index contributed by atoms with van der Waals surface area (Å²) in [7, 11) is 0. The maximum atomic E-state index is 11.9. The van der Waals surface area contributed by atoms with Crippen molar-refractivity contribution >= 4 is 0 Å². The Labute approximate surface area is 117 Å². The molecule has 0 aromatic heterocycles. The van der Waals surface area contributed by atoms with Crippen LogP contribution in [0.3, 0.4) is 0 Å². The summed E-state index contributed by atoms with van der Waals surface area (Å²) in [6.07, 6.45) is -1.68. The molecule has 0 unspecified atom stereocenters. The van der Waals surface area contributed by atoms with E-state index in [1.807, 2.05) is 18.2 Å². The predicted molar refractivity (Wildman–Crippen MR) is 71.6 cm³/mol. The van der Waals surface area contributed by atoms with Crippen LogP contribution in [0.25, 0.3) is 0 Å². The molecule has 1 aromatic rings. The van der Waals surface area contributed by atoms with Gasteiger partial charge in [-0.1, -0.05) is 30.3 Å². The first-order chi connectivity index (χ1) is 9.49. The fourth-order valence-electron chi connectivity index (χ4n) is 2.63. The first-order valence-corrected chi connectivity index (χ1v) is 6.88. The largest absolute Gasteiger partial charge is 0.411 e. The van der Waals surface area contributed by atoms with Crippen molar-refractivity contribution in [1.82, 2.24) is 5.32 Å². The Kier molecular flexibility index (Phi) is 5.05. The summed E-state index contributed by atoms with van der Waals surface area (Å²) >= 11 is 0. The lowest BCUT2D eigenvalue weighted by molar-refractivity contribution is -0.174. The molecule has 20 heavy (non-hydrogen) atoms. The average Bonchev–Trinajstić information content (AvgIpc) is 2.35. The molecule has 1 aromatic carbocycles. The molecule has 2 rings (SSSR count). The zero-order chi connectivity index (χ0) is 14.5. The number of halogens is 3. The highest BCUT2D eigenvalue weighted by atomic mass is 19.4. The third-order valence-corrected chi connectivity index (χ3v) is 3.68. The second-order valence-corrected chi connectivity index (χ2v) is 5.54. The number of hydrogen-bond donors (Lipinski definition) is 1. The second-order valence-electron chi connectivity index (χ2n) is 5.54. The van der Waals surface area contributed by atoms with Gasteiger partial charge >= 0.3 is 6.18 Å². The van der Waals surface area contributed by atoms with Crippen LogP contribution in [0.1, 0.15) is 18.4 Å². The van der Waals surface area contributed by atoms with Crippen LogP contribution in [-0.2, 0) is 11.2 Å². The maximum Gasteiger partial charge on any atom is 0.411 e. The van der Waals surface area contributed by atoms with Crippen molar-refractivity contribution in [1.29, 1.82) is 0 Å². The molecule has 0 bridgehead atoms. The molecule has 0 atom stereocenters. The van der Waals surface area contributed by atoms with Gasteiger partial charge in [-0.3, -0.25) is 0 Å². The van der Waals surface area contributed by atoms with Gasteiger partial charge in [0.05, 0.1) is 0 Å². The molecule has 1 saturated heterocycles. The van der Waals surface area contributed by atoms with E-state index >= 15 is 0 Å². The molecule has 0 aliphatic carbocycles. The molecular formula is C15H20F3NO. The minimum atomic E-state index is -4.22. The number of alkyl halides is 3. The standard InChI is InChI=1S/C15H20F3NO/c16-15(17,18)12-20-8-4-7-14(10-19-11-14)9-13-5-2-1-3-6-13/h1-3,5-6,19H,4,7-12H2. The van der Waals surface area contributed by atoms with Gasteiger partial charge in [0, 0.05) is 19.7 Å². The van der Waals surface area contributed by atoms with Gasteiger partial charge in [0.15, 0.2) is 0 Å². The summed E-state index contributed by atoms with van der Waals surface area (Å²) in [6, 6.07) is 10.2. The van der Waals surface area contributed by atoms with E-state index < -0.39 is 12.8 Å². The van der Waals surface area contributed by atoms with Crippen LogP contribution in [-0.4, -0.2) is 32.5 Å². The summed E-state index contributed by atoms with van der Waals surface area (Å²) in [5, 5.41) is 3.27. The zero-order valence-electron chi connectivity index (χ0n) is 11.4. The molecule has 112 valence electrons. The van der Waals surface area contributed by atoms with Crippen molar-refractivity contribution in [2.24, 2.45) is 5.41 Å². The summed E-state index contributed by atoms with van der Waals surface area (Å²) in [5.41, 5.74) is 1.47. The number of ether oxygens (including phenoxy) is 1. The van der Waals surface area contributed by atoms with E-state index in [9.17, 15) is 13.2 Å². The molecule has 0 amide bonds. The minimum Gasteiger partial charge on any atom is -0.372 e. The third-order valence-electron chi connectivity index (χ3n) is 3.68. The first-order valence-electron chi connectivity index (χ1n) is 6.88. The molecule has 1 aliphatic rings. The number of rotatable bonds is 7. The molecule has 1 heterocycles. The van der Waals surface area contributed by atoms with Crippen LogP contribution >= 0.6 is 0 Å². The number of benzene rings is 1. The van der Waals surface area contributed by atoms with Crippen LogP contribution in [0.4, 0.5) is 13.2 Å². The van der Waals surface area contributed by atoms with Gasteiger partial charge in [0.2, 0.25) is 0 Å². The smallest absolute Gasteiger partial charge is 0.372 e. The highest BCUT2D eigenvalue weighted by Crippen LogP contribution is 2.32. The molecule has 0 spiro atoms. The zero-order valence-corrected chi connectivity index (χ0v) is 11.4. The minimum absolute atomic E-state index is 0.177. The Balaban J connectivity index is 1.72. The summed E-state index contributed by atoms with van der Waals surface area (Å²) in [5.74, 6) is 0. The molecule has 2 nitrogen and oxygen atoms in total. The van der Waals surface area contributed by atoms with E-state index in [1.54, 1.807) is 0 Å². The molecule has 5 heteroatoms. The van der Waals surface area contributed by atoms with Crippen molar-refractivity contribution in [2.75, 3.05) is 26.3 Å². The monoisotopic (exact) mass is 287 g/mol. The third kappa shape index (κ3) is 4.80. The van der Waals surface area contributed by atoms with Crippen molar-refractivity contribution in [3.63, 3.8) is 0 Å². The van der Waals surface area contributed by atoms with Crippen molar-refractivity contribution < 1.29 is 17.9 Å². The van der Waals surface area contributed by atoms with Gasteiger partial charge in [-0.15, -0.1) is 0 Å². The van der Waals surface area contributed by atoms with Crippen molar-refractivity contribution in [2.45, 2.75) is 25.4 Å². The Morgan fingerprint density at radius 3 is 2.40 bits per heavy atom. The van der Waals surface area contributed by atoms with Crippen LogP contribution < -0.4 is 5.32 Å². The van der Waals surface area contributed by atoms with Gasteiger partial charge in [-0.25, -0.2) is 0 Å². The Hall–Kier alpha value is -1.07. The van der Waals surface area contributed by atoms with E-state index in [4.69, 9.17) is 0 Å². The normalized spacial score (nSPS) is 17.8. The summed E-state index contributed by atoms with van der Waals surface area (Å²) in [4.78, 5) is 0. The predicted octanol–water partition coefficient (Wildman–Crippen LogP) is 3.18. The van der Waals surface area contributed by atoms with Gasteiger partial charge in [0.1, 0.15) is 6.61 Å². The first kappa shape index (κ1) is 15.3. The highest BCUT2D eigenvalue weighted by molar-refractivity contribution is 5.18. The molecule has 0 saturated carbocycles. The Morgan fingerprint density at radius 1 is 1.15 bits per heavy atom. The topological polar surface area (TPSA) is 21.3 Å². The van der Waals surface area contributed by atoms with Crippen LogP contribution in [0.5, 0.6) is 0 Å². The van der Waals surface area contributed by atoms with E-state index in [0.717, 1.165) is 25.9 Å². The maximum absolute atomic E-state index is 11.9. The summed E-state index contributed by atoms with van der Waals surface area (Å²) in [6.45, 7) is 0.898. The van der Waals surface area contributed by atoms with Crippen molar-refractivity contribution in [3.8, 4) is 0 Å². The molecule has 1 fully saturated rings.